The van der Waals surface area contributed by atoms with Crippen LogP contribution in [0.5, 0.6) is 0 Å². The molecule has 3 N–H and O–H groups in total. The average molecular weight is 189 g/mol. The highest BCUT2D eigenvalue weighted by molar-refractivity contribution is 5.93. The number of nitrogens with zero attached hydrogens (tertiary/aromatic N) is 1. The van der Waals surface area contributed by atoms with Crippen LogP contribution in [-0.4, -0.2) is 52.6 Å². The zero-order valence-electron chi connectivity index (χ0n) is 7.60. The normalized spacial score (nSPS) is 11.5. The van der Waals surface area contributed by atoms with Gasteiger partial charge in [-0.15, -0.1) is 0 Å². The van der Waals surface area contributed by atoms with E-state index in [9.17, 15) is 4.79 Å². The first-order valence-corrected chi connectivity index (χ1v) is 4.02. The fourth-order valence-electron chi connectivity index (χ4n) is 0.841. The van der Waals surface area contributed by atoms with Gasteiger partial charge in [0.1, 0.15) is 6.73 Å². The third-order valence-corrected chi connectivity index (χ3v) is 1.62. The Hall–Kier alpha value is -0.910. The second kappa shape index (κ2) is 6.59. The molecule has 76 valence electrons. The highest BCUT2D eigenvalue weighted by atomic mass is 16.3. The summed E-state index contributed by atoms with van der Waals surface area (Å²) in [5.41, 5.74) is 0.0957. The van der Waals surface area contributed by atoms with Crippen LogP contribution >= 0.6 is 0 Å². The molecule has 0 aliphatic rings. The van der Waals surface area contributed by atoms with Gasteiger partial charge in [0.15, 0.2) is 0 Å². The molecule has 5 heteroatoms. The Bertz CT molecular complexity index is 187. The van der Waals surface area contributed by atoms with Crippen molar-refractivity contribution in [3.63, 3.8) is 0 Å². The van der Waals surface area contributed by atoms with E-state index < -0.39 is 19.2 Å². The lowest BCUT2D eigenvalue weighted by atomic mass is 10.2. The van der Waals surface area contributed by atoms with Crippen LogP contribution in [0.1, 0.15) is 6.92 Å². The molecule has 5 nitrogen and oxygen atoms in total. The van der Waals surface area contributed by atoms with Gasteiger partial charge in [-0.05, 0) is 13.0 Å². The van der Waals surface area contributed by atoms with Crippen LogP contribution in [0.15, 0.2) is 11.6 Å². The summed E-state index contributed by atoms with van der Waals surface area (Å²) in [6.07, 6.45) is 1.22. The summed E-state index contributed by atoms with van der Waals surface area (Å²) in [6.45, 7) is 0.943. The maximum atomic E-state index is 11.4. The highest BCUT2D eigenvalue weighted by Crippen LogP contribution is 2.00. The number of hydrogen-bond acceptors (Lipinski definition) is 4. The molecule has 0 heterocycles. The number of rotatable bonds is 5. The molecule has 13 heavy (non-hydrogen) atoms. The van der Waals surface area contributed by atoms with Crippen LogP contribution in [0.2, 0.25) is 0 Å². The van der Waals surface area contributed by atoms with Crippen LogP contribution < -0.4 is 0 Å². The standard InChI is InChI=1S/C8H15NO4/c1-2-9(6-12)8(13)7(5-11)3-4-10/h3,10-12H,2,4-6H2,1H3. The van der Waals surface area contributed by atoms with E-state index in [-0.39, 0.29) is 12.2 Å². The van der Waals surface area contributed by atoms with Gasteiger partial charge in [-0.2, -0.15) is 0 Å². The summed E-state index contributed by atoms with van der Waals surface area (Å²) < 4.78 is 0. The number of aliphatic hydroxyl groups is 3. The molecule has 0 aromatic heterocycles. The van der Waals surface area contributed by atoms with Gasteiger partial charge in [0.05, 0.1) is 13.2 Å². The predicted octanol–water partition coefficient (Wildman–Crippen LogP) is -1.30. The highest BCUT2D eigenvalue weighted by Gasteiger charge is 2.14. The van der Waals surface area contributed by atoms with Gasteiger partial charge >= 0.3 is 0 Å². The number of amides is 1. The second-order valence-electron chi connectivity index (χ2n) is 2.37. The van der Waals surface area contributed by atoms with Gasteiger partial charge in [-0.3, -0.25) is 4.79 Å². The molecule has 0 atom stereocenters. The number of carbonyl (C=O) groups is 1. The van der Waals surface area contributed by atoms with Crippen molar-refractivity contribution < 1.29 is 20.1 Å². The van der Waals surface area contributed by atoms with Gasteiger partial charge in [0, 0.05) is 12.1 Å². The van der Waals surface area contributed by atoms with E-state index in [4.69, 9.17) is 15.3 Å². The largest absolute Gasteiger partial charge is 0.392 e. The Morgan fingerprint density at radius 1 is 1.38 bits per heavy atom. The van der Waals surface area contributed by atoms with Crippen molar-refractivity contribution in [1.82, 2.24) is 4.90 Å². The lowest BCUT2D eigenvalue weighted by Crippen LogP contribution is -2.33. The van der Waals surface area contributed by atoms with E-state index in [0.29, 0.717) is 6.54 Å². The number of aliphatic hydroxyl groups excluding tert-OH is 3. The van der Waals surface area contributed by atoms with Crippen LogP contribution in [0.4, 0.5) is 0 Å². The van der Waals surface area contributed by atoms with Crippen molar-refractivity contribution in [3.05, 3.63) is 11.6 Å². The van der Waals surface area contributed by atoms with Crippen molar-refractivity contribution in [2.24, 2.45) is 0 Å². The Kier molecular flexibility index (Phi) is 6.13. The van der Waals surface area contributed by atoms with E-state index in [0.717, 1.165) is 4.90 Å². The maximum Gasteiger partial charge on any atom is 0.253 e. The lowest BCUT2D eigenvalue weighted by molar-refractivity contribution is -0.130. The molecule has 0 radical (unpaired) electrons. The van der Waals surface area contributed by atoms with Crippen molar-refractivity contribution in [3.8, 4) is 0 Å². The molecular formula is C8H15NO4. The molecule has 1 amide bonds. The van der Waals surface area contributed by atoms with Crippen molar-refractivity contribution >= 4 is 5.91 Å². The smallest absolute Gasteiger partial charge is 0.253 e. The van der Waals surface area contributed by atoms with Gasteiger partial charge in [0.2, 0.25) is 0 Å². The molecule has 0 spiro atoms. The lowest BCUT2D eigenvalue weighted by Gasteiger charge is -2.18. The summed E-state index contributed by atoms with van der Waals surface area (Å²) in [7, 11) is 0. The summed E-state index contributed by atoms with van der Waals surface area (Å²) >= 11 is 0. The van der Waals surface area contributed by atoms with Crippen LogP contribution in [0, 0.1) is 0 Å². The Morgan fingerprint density at radius 2 is 2.00 bits per heavy atom. The fraction of sp³-hybridized carbons (Fsp3) is 0.625. The van der Waals surface area contributed by atoms with E-state index >= 15 is 0 Å². The Labute approximate surface area is 76.9 Å². The third-order valence-electron chi connectivity index (χ3n) is 1.62. The van der Waals surface area contributed by atoms with Gasteiger partial charge < -0.3 is 20.2 Å². The summed E-state index contributed by atoms with van der Waals surface area (Å²) in [5.74, 6) is -0.457. The first-order chi connectivity index (χ1) is 6.21. The molecule has 0 bridgehead atoms. The van der Waals surface area contributed by atoms with Gasteiger partial charge in [-0.1, -0.05) is 0 Å². The second-order valence-corrected chi connectivity index (χ2v) is 2.37. The molecule has 0 aromatic rings. The molecule has 0 aliphatic heterocycles. The predicted molar refractivity (Wildman–Crippen MR) is 46.7 cm³/mol. The fourth-order valence-corrected chi connectivity index (χ4v) is 0.841. The first kappa shape index (κ1) is 12.1. The summed E-state index contributed by atoms with van der Waals surface area (Å²) in [4.78, 5) is 12.5. The zero-order chi connectivity index (χ0) is 10.3. The van der Waals surface area contributed by atoms with E-state index in [1.54, 1.807) is 6.92 Å². The minimum absolute atomic E-state index is 0.0957. The maximum absolute atomic E-state index is 11.4. The quantitative estimate of drug-likeness (QED) is 0.371. The topological polar surface area (TPSA) is 81.0 Å². The summed E-state index contributed by atoms with van der Waals surface area (Å²) in [6, 6.07) is 0. The van der Waals surface area contributed by atoms with Gasteiger partial charge in [0.25, 0.3) is 5.91 Å². The molecule has 0 unspecified atom stereocenters. The van der Waals surface area contributed by atoms with Crippen molar-refractivity contribution in [2.45, 2.75) is 6.92 Å². The van der Waals surface area contributed by atoms with E-state index in [1.807, 2.05) is 0 Å². The molecule has 0 fully saturated rings. The van der Waals surface area contributed by atoms with E-state index in [1.165, 1.54) is 6.08 Å². The molecule has 0 saturated carbocycles. The minimum Gasteiger partial charge on any atom is -0.392 e. The molecule has 0 saturated heterocycles. The molecular weight excluding hydrogens is 174 g/mol. The van der Waals surface area contributed by atoms with Crippen molar-refractivity contribution in [1.29, 1.82) is 0 Å². The van der Waals surface area contributed by atoms with Crippen LogP contribution in [0.3, 0.4) is 0 Å². The number of hydrogen-bond donors (Lipinski definition) is 3. The first-order valence-electron chi connectivity index (χ1n) is 4.02. The number of carbonyl (C=O) groups excluding carboxylic acids is 1. The molecule has 0 aliphatic carbocycles. The van der Waals surface area contributed by atoms with Gasteiger partial charge in [-0.25, -0.2) is 0 Å². The molecule has 0 aromatic carbocycles. The zero-order valence-corrected chi connectivity index (χ0v) is 7.60. The molecule has 0 rings (SSSR count). The number of likely N-dealkylation sites (N-methyl/N-ethyl adjacent to an activating group) is 1. The third kappa shape index (κ3) is 3.54. The Balaban J connectivity index is 4.44. The monoisotopic (exact) mass is 189 g/mol. The van der Waals surface area contributed by atoms with Crippen LogP contribution in [0.25, 0.3) is 0 Å². The SMILES string of the molecule is CCN(CO)C(=O)C(=CCO)CO. The Morgan fingerprint density at radius 3 is 2.31 bits per heavy atom. The van der Waals surface area contributed by atoms with Crippen LogP contribution in [-0.2, 0) is 4.79 Å². The minimum atomic E-state index is -0.457. The summed E-state index contributed by atoms with van der Waals surface area (Å²) in [5, 5.41) is 26.0. The average Bonchev–Trinajstić information content (AvgIpc) is 2.15. The van der Waals surface area contributed by atoms with E-state index in [2.05, 4.69) is 0 Å². The van der Waals surface area contributed by atoms with Crippen molar-refractivity contribution in [2.75, 3.05) is 26.5 Å².